The second-order valence-electron chi connectivity index (χ2n) is 7.75. The summed E-state index contributed by atoms with van der Waals surface area (Å²) in [6.07, 6.45) is 6.28. The Balaban J connectivity index is 1.45. The summed E-state index contributed by atoms with van der Waals surface area (Å²) < 4.78 is 0. The predicted molar refractivity (Wildman–Crippen MR) is 114 cm³/mol. The first kappa shape index (κ1) is 17.7. The molecule has 1 saturated heterocycles. The van der Waals surface area contributed by atoms with Gasteiger partial charge in [-0.1, -0.05) is 13.0 Å². The lowest BCUT2D eigenvalue weighted by Gasteiger charge is -2.46. The largest absolute Gasteiger partial charge is 0.361 e. The highest BCUT2D eigenvalue weighted by molar-refractivity contribution is 5.98. The Hall–Kier alpha value is -3.35. The highest BCUT2D eigenvalue weighted by Crippen LogP contribution is 2.29. The van der Waals surface area contributed by atoms with Crippen molar-refractivity contribution >= 4 is 33.7 Å². The zero-order valence-corrected chi connectivity index (χ0v) is 16.6. The van der Waals surface area contributed by atoms with E-state index in [2.05, 4.69) is 43.6 Å². The molecule has 5 rings (SSSR count). The Kier molecular flexibility index (Phi) is 4.23. The summed E-state index contributed by atoms with van der Waals surface area (Å²) in [4.78, 5) is 33.0. The molecule has 0 saturated carbocycles. The third-order valence-corrected chi connectivity index (χ3v) is 5.92. The van der Waals surface area contributed by atoms with Crippen LogP contribution in [0.25, 0.3) is 21.9 Å². The lowest BCUT2D eigenvalue weighted by molar-refractivity contribution is 0.0544. The summed E-state index contributed by atoms with van der Waals surface area (Å²) in [6, 6.07) is 10.1. The lowest BCUT2D eigenvalue weighted by Crippen LogP contribution is -2.59. The number of H-pyrrole nitrogens is 2. The van der Waals surface area contributed by atoms with Crippen molar-refractivity contribution in [1.82, 2.24) is 24.8 Å². The van der Waals surface area contributed by atoms with Crippen molar-refractivity contribution in [1.29, 1.82) is 0 Å². The molecule has 0 aliphatic carbocycles. The number of rotatable bonds is 3. The van der Waals surface area contributed by atoms with Crippen molar-refractivity contribution < 1.29 is 4.79 Å². The lowest BCUT2D eigenvalue weighted by atomic mass is 10.0. The topological polar surface area (TPSA) is 80.9 Å². The molecule has 2 atom stereocenters. The first-order valence-corrected chi connectivity index (χ1v) is 10.1. The van der Waals surface area contributed by atoms with Crippen LogP contribution < -0.4 is 4.90 Å². The van der Waals surface area contributed by atoms with Crippen LogP contribution in [0.2, 0.25) is 0 Å². The highest BCUT2D eigenvalue weighted by atomic mass is 16.2. The molecule has 3 aromatic heterocycles. The highest BCUT2D eigenvalue weighted by Gasteiger charge is 2.36. The second-order valence-corrected chi connectivity index (χ2v) is 7.75. The van der Waals surface area contributed by atoms with Crippen LogP contribution in [0, 0.1) is 0 Å². The van der Waals surface area contributed by atoms with Gasteiger partial charge in [-0.15, -0.1) is 0 Å². The van der Waals surface area contributed by atoms with Gasteiger partial charge in [0.25, 0.3) is 5.91 Å². The van der Waals surface area contributed by atoms with E-state index in [-0.39, 0.29) is 18.0 Å². The summed E-state index contributed by atoms with van der Waals surface area (Å²) in [7, 11) is 0. The van der Waals surface area contributed by atoms with Crippen molar-refractivity contribution in [2.75, 3.05) is 18.0 Å². The van der Waals surface area contributed by atoms with Crippen LogP contribution in [0.1, 0.15) is 30.6 Å². The van der Waals surface area contributed by atoms with E-state index in [1.54, 1.807) is 6.33 Å². The molecule has 2 N–H and O–H groups in total. The fourth-order valence-electron chi connectivity index (χ4n) is 4.49. The second kappa shape index (κ2) is 6.92. The van der Waals surface area contributed by atoms with Gasteiger partial charge in [-0.2, -0.15) is 0 Å². The number of hydrogen-bond donors (Lipinski definition) is 2. The molecule has 1 amide bonds. The zero-order chi connectivity index (χ0) is 20.0. The average Bonchev–Trinajstić information content (AvgIpc) is 3.40. The first-order valence-electron chi connectivity index (χ1n) is 10.1. The SMILES string of the molecule is CC[C@@H]1CN(c2ncnc3[nH]ccc23)C[C@@H](C)N1C(=O)c1ccc2cc[nH]c2c1. The minimum absolute atomic E-state index is 0.0736. The summed E-state index contributed by atoms with van der Waals surface area (Å²) >= 11 is 0. The molecule has 0 radical (unpaired) electrons. The van der Waals surface area contributed by atoms with Crippen LogP contribution in [0.4, 0.5) is 5.82 Å². The molecule has 148 valence electrons. The number of nitrogens with zero attached hydrogens (tertiary/aromatic N) is 4. The minimum Gasteiger partial charge on any atom is -0.361 e. The molecule has 1 aliphatic heterocycles. The monoisotopic (exact) mass is 388 g/mol. The molecule has 1 aliphatic rings. The van der Waals surface area contributed by atoms with Crippen LogP contribution in [-0.4, -0.2) is 55.9 Å². The maximum absolute atomic E-state index is 13.4. The Labute approximate surface area is 168 Å². The number of carbonyl (C=O) groups excluding carboxylic acids is 1. The van der Waals surface area contributed by atoms with Crippen LogP contribution in [0.5, 0.6) is 0 Å². The number of anilines is 1. The van der Waals surface area contributed by atoms with E-state index in [1.807, 2.05) is 42.7 Å². The molecule has 1 fully saturated rings. The number of aromatic amines is 2. The van der Waals surface area contributed by atoms with Crippen molar-refractivity contribution in [3.05, 3.63) is 54.6 Å². The van der Waals surface area contributed by atoms with Gasteiger partial charge in [-0.05, 0) is 43.0 Å². The van der Waals surface area contributed by atoms with E-state index in [0.29, 0.717) is 0 Å². The molecule has 7 heteroatoms. The number of amides is 1. The van der Waals surface area contributed by atoms with Crippen molar-refractivity contribution in [3.63, 3.8) is 0 Å². The molecule has 4 heterocycles. The molecule has 7 nitrogen and oxygen atoms in total. The van der Waals surface area contributed by atoms with Gasteiger partial charge in [0.05, 0.1) is 5.39 Å². The summed E-state index contributed by atoms with van der Waals surface area (Å²) in [5.74, 6) is 1.02. The Bertz CT molecular complexity index is 1180. The number of benzene rings is 1. The van der Waals surface area contributed by atoms with Crippen molar-refractivity contribution in [2.45, 2.75) is 32.4 Å². The Morgan fingerprint density at radius 2 is 2.00 bits per heavy atom. The van der Waals surface area contributed by atoms with Crippen LogP contribution >= 0.6 is 0 Å². The van der Waals surface area contributed by atoms with Gasteiger partial charge < -0.3 is 19.8 Å². The molecular formula is C22H24N6O. The first-order chi connectivity index (χ1) is 14.2. The molecular weight excluding hydrogens is 364 g/mol. The number of hydrogen-bond acceptors (Lipinski definition) is 4. The van der Waals surface area contributed by atoms with Crippen LogP contribution in [0.3, 0.4) is 0 Å². The van der Waals surface area contributed by atoms with Gasteiger partial charge in [0.2, 0.25) is 0 Å². The number of nitrogens with one attached hydrogen (secondary N) is 2. The number of carbonyl (C=O) groups is 1. The van der Waals surface area contributed by atoms with E-state index in [0.717, 1.165) is 52.8 Å². The molecule has 0 bridgehead atoms. The maximum Gasteiger partial charge on any atom is 0.254 e. The van der Waals surface area contributed by atoms with Gasteiger partial charge in [0.1, 0.15) is 17.8 Å². The maximum atomic E-state index is 13.4. The minimum atomic E-state index is 0.0736. The summed E-state index contributed by atoms with van der Waals surface area (Å²) in [5.41, 5.74) is 2.56. The van der Waals surface area contributed by atoms with Crippen molar-refractivity contribution in [3.8, 4) is 0 Å². The standard InChI is InChI=1S/C22H24N6O/c1-3-17-12-27(21-18-7-9-24-20(18)25-13-26-21)11-14(2)28(17)22(29)16-5-4-15-6-8-23-19(15)10-16/h4-10,13-14,17,23H,3,11-12H2,1-2H3,(H,24,25,26)/t14-,17-/m1/s1. The fourth-order valence-corrected chi connectivity index (χ4v) is 4.49. The van der Waals surface area contributed by atoms with E-state index < -0.39 is 0 Å². The van der Waals surface area contributed by atoms with Crippen LogP contribution in [-0.2, 0) is 0 Å². The Morgan fingerprint density at radius 1 is 1.14 bits per heavy atom. The fraction of sp³-hybridized carbons (Fsp3) is 0.318. The van der Waals surface area contributed by atoms with Gasteiger partial charge in [-0.25, -0.2) is 9.97 Å². The molecule has 0 unspecified atom stereocenters. The third kappa shape index (κ3) is 2.93. The summed E-state index contributed by atoms with van der Waals surface area (Å²) in [5, 5.41) is 2.14. The van der Waals surface area contributed by atoms with E-state index in [1.165, 1.54) is 0 Å². The van der Waals surface area contributed by atoms with Gasteiger partial charge in [0, 0.05) is 48.6 Å². The number of fused-ring (bicyclic) bond motifs is 2. The van der Waals surface area contributed by atoms with Gasteiger partial charge >= 0.3 is 0 Å². The smallest absolute Gasteiger partial charge is 0.254 e. The normalized spacial score (nSPS) is 19.9. The number of aromatic nitrogens is 4. The van der Waals surface area contributed by atoms with Gasteiger partial charge in [-0.3, -0.25) is 4.79 Å². The van der Waals surface area contributed by atoms with E-state index in [4.69, 9.17) is 0 Å². The van der Waals surface area contributed by atoms with E-state index in [9.17, 15) is 4.79 Å². The molecule has 0 spiro atoms. The zero-order valence-electron chi connectivity index (χ0n) is 16.6. The van der Waals surface area contributed by atoms with E-state index >= 15 is 0 Å². The quantitative estimate of drug-likeness (QED) is 0.562. The average molecular weight is 388 g/mol. The molecule has 1 aromatic carbocycles. The molecule has 29 heavy (non-hydrogen) atoms. The number of piperazine rings is 1. The van der Waals surface area contributed by atoms with Crippen molar-refractivity contribution in [2.24, 2.45) is 0 Å². The summed E-state index contributed by atoms with van der Waals surface area (Å²) in [6.45, 7) is 5.76. The Morgan fingerprint density at radius 3 is 2.86 bits per heavy atom. The third-order valence-electron chi connectivity index (χ3n) is 5.92. The predicted octanol–water partition coefficient (Wildman–Crippen LogP) is 3.57. The van der Waals surface area contributed by atoms with Gasteiger partial charge in [0.15, 0.2) is 0 Å². The molecule has 4 aromatic rings. The van der Waals surface area contributed by atoms with Crippen LogP contribution in [0.15, 0.2) is 49.1 Å².